The summed E-state index contributed by atoms with van der Waals surface area (Å²) in [6.45, 7) is 0.591. The highest BCUT2D eigenvalue weighted by molar-refractivity contribution is 9.10. The van der Waals surface area contributed by atoms with Gasteiger partial charge in [0.1, 0.15) is 0 Å². The van der Waals surface area contributed by atoms with Crippen molar-refractivity contribution >= 4 is 21.9 Å². The Kier molecular flexibility index (Phi) is 1.89. The molecular formula is C9H8BrNO2. The number of alkyl halides is 1. The second kappa shape index (κ2) is 2.82. The Hall–Kier alpha value is -0.870. The van der Waals surface area contributed by atoms with E-state index < -0.39 is 10.4 Å². The van der Waals surface area contributed by atoms with Crippen LogP contribution in [0.5, 0.6) is 0 Å². The minimum Gasteiger partial charge on any atom is -0.479 e. The molecule has 1 aromatic carbocycles. The molecule has 1 heterocycles. The van der Waals surface area contributed by atoms with E-state index in [0.717, 1.165) is 11.1 Å². The van der Waals surface area contributed by atoms with Crippen LogP contribution in [0.2, 0.25) is 0 Å². The van der Waals surface area contributed by atoms with Crippen LogP contribution in [-0.2, 0) is 15.8 Å². The molecule has 2 rings (SSSR count). The van der Waals surface area contributed by atoms with Gasteiger partial charge in [-0.3, -0.25) is 5.32 Å². The van der Waals surface area contributed by atoms with E-state index in [4.69, 9.17) is 5.11 Å². The molecule has 1 atom stereocenters. The fourth-order valence-corrected chi connectivity index (χ4v) is 2.04. The maximum Gasteiger partial charge on any atom is 0.339 e. The van der Waals surface area contributed by atoms with Gasteiger partial charge in [0.05, 0.1) is 0 Å². The van der Waals surface area contributed by atoms with Gasteiger partial charge in [-0.05, 0) is 27.1 Å². The number of halogens is 1. The molecule has 0 bridgehead atoms. The van der Waals surface area contributed by atoms with Gasteiger partial charge in [0, 0.05) is 6.54 Å². The van der Waals surface area contributed by atoms with Crippen LogP contribution < -0.4 is 5.32 Å². The zero-order valence-electron chi connectivity index (χ0n) is 6.75. The van der Waals surface area contributed by atoms with E-state index in [1.54, 1.807) is 0 Å². The van der Waals surface area contributed by atoms with Gasteiger partial charge in [0.2, 0.25) is 0 Å². The van der Waals surface area contributed by atoms with E-state index in [0.29, 0.717) is 6.54 Å². The van der Waals surface area contributed by atoms with Crippen LogP contribution >= 0.6 is 15.9 Å². The number of rotatable bonds is 1. The molecule has 68 valence electrons. The van der Waals surface area contributed by atoms with Crippen LogP contribution in [-0.4, -0.2) is 11.1 Å². The van der Waals surface area contributed by atoms with Gasteiger partial charge in [0.15, 0.2) is 4.45 Å². The van der Waals surface area contributed by atoms with Crippen molar-refractivity contribution in [3.63, 3.8) is 0 Å². The Morgan fingerprint density at radius 3 is 2.92 bits per heavy atom. The Labute approximate surface area is 83.9 Å². The molecule has 2 N–H and O–H groups in total. The van der Waals surface area contributed by atoms with Gasteiger partial charge in [-0.25, -0.2) is 4.79 Å². The molecule has 1 aliphatic heterocycles. The number of hydrogen-bond acceptors (Lipinski definition) is 2. The summed E-state index contributed by atoms with van der Waals surface area (Å²) in [4.78, 5) is 11.0. The third-order valence-corrected chi connectivity index (χ3v) is 3.25. The molecule has 0 aromatic heterocycles. The Bertz CT molecular complexity index is 366. The molecule has 1 aliphatic rings. The van der Waals surface area contributed by atoms with E-state index >= 15 is 0 Å². The topological polar surface area (TPSA) is 49.3 Å². The predicted octanol–water partition coefficient (Wildman–Crippen LogP) is 1.42. The number of carboxylic acid groups (broad SMARTS) is 1. The molecule has 0 saturated heterocycles. The van der Waals surface area contributed by atoms with Gasteiger partial charge in [-0.2, -0.15) is 0 Å². The summed E-state index contributed by atoms with van der Waals surface area (Å²) in [6, 6.07) is 7.48. The minimum atomic E-state index is -1.09. The van der Waals surface area contributed by atoms with Crippen LogP contribution in [0.1, 0.15) is 11.1 Å². The Morgan fingerprint density at radius 2 is 2.23 bits per heavy atom. The SMILES string of the molecule is O=C(O)[C@]1(Br)NCc2ccccc21. The molecule has 0 amide bonds. The molecule has 0 fully saturated rings. The van der Waals surface area contributed by atoms with Crippen molar-refractivity contribution in [2.45, 2.75) is 11.0 Å². The average molecular weight is 242 g/mol. The van der Waals surface area contributed by atoms with Crippen LogP contribution in [0.25, 0.3) is 0 Å². The first-order chi connectivity index (χ1) is 6.14. The third-order valence-electron chi connectivity index (χ3n) is 2.21. The first kappa shape index (κ1) is 8.72. The number of benzene rings is 1. The smallest absolute Gasteiger partial charge is 0.339 e. The van der Waals surface area contributed by atoms with Crippen LogP contribution in [0.4, 0.5) is 0 Å². The molecule has 3 nitrogen and oxygen atoms in total. The lowest BCUT2D eigenvalue weighted by Crippen LogP contribution is -2.38. The van der Waals surface area contributed by atoms with Crippen molar-refractivity contribution in [2.75, 3.05) is 0 Å². The minimum absolute atomic E-state index is 0.591. The average Bonchev–Trinajstić information content (AvgIpc) is 2.47. The summed E-state index contributed by atoms with van der Waals surface area (Å²) in [5.74, 6) is -0.905. The lowest BCUT2D eigenvalue weighted by atomic mass is 10.1. The van der Waals surface area contributed by atoms with Crippen molar-refractivity contribution in [2.24, 2.45) is 0 Å². The second-order valence-electron chi connectivity index (χ2n) is 2.97. The van der Waals surface area contributed by atoms with E-state index in [2.05, 4.69) is 21.2 Å². The summed E-state index contributed by atoms with van der Waals surface area (Å²) < 4.78 is -1.09. The number of aliphatic carboxylic acids is 1. The number of fused-ring (bicyclic) bond motifs is 1. The Balaban J connectivity index is 2.55. The van der Waals surface area contributed by atoms with Gasteiger partial charge in [0.25, 0.3) is 0 Å². The van der Waals surface area contributed by atoms with Crippen LogP contribution in [0.3, 0.4) is 0 Å². The summed E-state index contributed by atoms with van der Waals surface area (Å²) in [6.07, 6.45) is 0. The quantitative estimate of drug-likeness (QED) is 0.578. The first-order valence-electron chi connectivity index (χ1n) is 3.90. The van der Waals surface area contributed by atoms with E-state index in [9.17, 15) is 4.79 Å². The number of hydrogen-bond donors (Lipinski definition) is 2. The molecule has 0 unspecified atom stereocenters. The highest BCUT2D eigenvalue weighted by Crippen LogP contribution is 2.36. The maximum atomic E-state index is 11.0. The first-order valence-corrected chi connectivity index (χ1v) is 4.69. The largest absolute Gasteiger partial charge is 0.479 e. The normalized spacial score (nSPS) is 25.6. The number of carboxylic acids is 1. The molecule has 1 aromatic rings. The zero-order chi connectivity index (χ0) is 9.47. The lowest BCUT2D eigenvalue weighted by Gasteiger charge is -2.17. The van der Waals surface area contributed by atoms with Crippen molar-refractivity contribution < 1.29 is 9.90 Å². The van der Waals surface area contributed by atoms with Crippen LogP contribution in [0.15, 0.2) is 24.3 Å². The summed E-state index contributed by atoms with van der Waals surface area (Å²) in [5.41, 5.74) is 1.82. The molecule has 0 spiro atoms. The number of carbonyl (C=O) groups is 1. The highest BCUT2D eigenvalue weighted by atomic mass is 79.9. The summed E-state index contributed by atoms with van der Waals surface area (Å²) in [5, 5.41) is 11.9. The third kappa shape index (κ3) is 1.17. The van der Waals surface area contributed by atoms with E-state index in [1.165, 1.54) is 0 Å². The van der Waals surface area contributed by atoms with Crippen LogP contribution in [0, 0.1) is 0 Å². The molecule has 0 saturated carbocycles. The van der Waals surface area contributed by atoms with Crippen molar-refractivity contribution in [1.82, 2.24) is 5.32 Å². The van der Waals surface area contributed by atoms with Gasteiger partial charge in [-0.15, -0.1) is 0 Å². The number of nitrogens with one attached hydrogen (secondary N) is 1. The lowest BCUT2D eigenvalue weighted by molar-refractivity contribution is -0.140. The zero-order valence-corrected chi connectivity index (χ0v) is 8.34. The second-order valence-corrected chi connectivity index (χ2v) is 4.16. The maximum absolute atomic E-state index is 11.0. The Morgan fingerprint density at radius 1 is 1.54 bits per heavy atom. The van der Waals surface area contributed by atoms with Gasteiger partial charge < -0.3 is 5.11 Å². The molecule has 13 heavy (non-hydrogen) atoms. The molecule has 0 aliphatic carbocycles. The van der Waals surface area contributed by atoms with Gasteiger partial charge >= 0.3 is 5.97 Å². The predicted molar refractivity (Wildman–Crippen MR) is 51.5 cm³/mol. The molecular weight excluding hydrogens is 234 g/mol. The summed E-state index contributed by atoms with van der Waals surface area (Å²) >= 11 is 3.20. The van der Waals surface area contributed by atoms with E-state index in [1.807, 2.05) is 24.3 Å². The highest BCUT2D eigenvalue weighted by Gasteiger charge is 2.42. The molecule has 4 heteroatoms. The van der Waals surface area contributed by atoms with Crippen molar-refractivity contribution in [1.29, 1.82) is 0 Å². The standard InChI is InChI=1S/C9H8BrNO2/c10-9(8(12)13)7-4-2-1-3-6(7)5-11-9/h1-4,11H,5H2,(H,12,13)/t9-/m1/s1. The van der Waals surface area contributed by atoms with Crippen molar-refractivity contribution in [3.05, 3.63) is 35.4 Å². The fraction of sp³-hybridized carbons (Fsp3) is 0.222. The van der Waals surface area contributed by atoms with Crippen molar-refractivity contribution in [3.8, 4) is 0 Å². The van der Waals surface area contributed by atoms with E-state index in [-0.39, 0.29) is 0 Å². The summed E-state index contributed by atoms with van der Waals surface area (Å²) in [7, 11) is 0. The van der Waals surface area contributed by atoms with Gasteiger partial charge in [-0.1, -0.05) is 24.3 Å². The fourth-order valence-electron chi connectivity index (χ4n) is 1.51. The monoisotopic (exact) mass is 241 g/mol. The molecule has 0 radical (unpaired) electrons.